The van der Waals surface area contributed by atoms with Crippen molar-refractivity contribution in [3.8, 4) is 0 Å². The zero-order valence-electron chi connectivity index (χ0n) is 7.76. The summed E-state index contributed by atoms with van der Waals surface area (Å²) in [6.07, 6.45) is 11.2. The molecule has 0 aromatic rings. The Balaban J connectivity index is 4.33. The van der Waals surface area contributed by atoms with Gasteiger partial charge in [0.05, 0.1) is 0 Å². The van der Waals surface area contributed by atoms with Crippen LogP contribution in [0.25, 0.3) is 0 Å². The maximum atomic E-state index is 3.63. The summed E-state index contributed by atoms with van der Waals surface area (Å²) in [6.45, 7) is 10.9. The number of rotatable bonds is 6. The van der Waals surface area contributed by atoms with Crippen LogP contribution in [0.1, 0.15) is 0 Å². The molecule has 68 valence electrons. The molecule has 0 rings (SSSR count). The van der Waals surface area contributed by atoms with Gasteiger partial charge in [0.1, 0.15) is 0 Å². The standard InChI is InChI=1S/C12H15P/c1-4-7-10-13(11-8-5-2)12-9-6-3/h4-12H,1-3H2/b10-7+,11-8+,12-9+. The highest BCUT2D eigenvalue weighted by Gasteiger charge is 1.89. The van der Waals surface area contributed by atoms with E-state index in [4.69, 9.17) is 0 Å². The van der Waals surface area contributed by atoms with Gasteiger partial charge < -0.3 is 0 Å². The maximum Gasteiger partial charge on any atom is -0.0358 e. The van der Waals surface area contributed by atoms with Crippen LogP contribution in [-0.2, 0) is 0 Å². The molecule has 0 fully saturated rings. The van der Waals surface area contributed by atoms with Crippen molar-refractivity contribution < 1.29 is 0 Å². The summed E-state index contributed by atoms with van der Waals surface area (Å²) in [5.41, 5.74) is 0. The van der Waals surface area contributed by atoms with Gasteiger partial charge in [0.15, 0.2) is 0 Å². The van der Waals surface area contributed by atoms with Gasteiger partial charge in [-0.15, -0.1) is 0 Å². The van der Waals surface area contributed by atoms with E-state index in [0.29, 0.717) is 0 Å². The van der Waals surface area contributed by atoms with Gasteiger partial charge in [-0.25, -0.2) is 0 Å². The highest BCUT2D eigenvalue weighted by molar-refractivity contribution is 7.67. The first-order valence-corrected chi connectivity index (χ1v) is 5.55. The molecule has 0 atom stereocenters. The predicted molar refractivity (Wildman–Crippen MR) is 64.9 cm³/mol. The average molecular weight is 190 g/mol. The van der Waals surface area contributed by atoms with E-state index >= 15 is 0 Å². The summed E-state index contributed by atoms with van der Waals surface area (Å²) in [4.78, 5) is 0. The van der Waals surface area contributed by atoms with Gasteiger partial charge in [-0.2, -0.15) is 0 Å². The minimum Gasteiger partial charge on any atom is -0.0991 e. The molecule has 0 aliphatic heterocycles. The molecule has 1 heteroatoms. The quantitative estimate of drug-likeness (QED) is 0.425. The molecule has 0 amide bonds. The summed E-state index contributed by atoms with van der Waals surface area (Å²) in [5, 5.41) is 0. The summed E-state index contributed by atoms with van der Waals surface area (Å²) in [5.74, 6) is 6.34. The SMILES string of the molecule is C=C/C=C/P(/C=C/C=C)/C=C/C=C. The molecule has 0 spiro atoms. The maximum absolute atomic E-state index is 3.63. The molecule has 0 aromatic heterocycles. The smallest absolute Gasteiger partial charge is 0.0358 e. The third-order valence-corrected chi connectivity index (χ3v) is 2.73. The van der Waals surface area contributed by atoms with Crippen LogP contribution in [0.15, 0.2) is 73.6 Å². The lowest BCUT2D eigenvalue weighted by Gasteiger charge is -1.98. The molecule has 0 unspecified atom stereocenters. The van der Waals surface area contributed by atoms with Crippen LogP contribution < -0.4 is 0 Å². The summed E-state index contributed by atoms with van der Waals surface area (Å²) in [6, 6.07) is 0. The van der Waals surface area contributed by atoms with Gasteiger partial charge in [-0.05, 0) is 7.92 Å². The number of allylic oxidation sites excluding steroid dienone is 6. The largest absolute Gasteiger partial charge is 0.0991 e. The highest BCUT2D eigenvalue weighted by Crippen LogP contribution is 2.40. The van der Waals surface area contributed by atoms with Crippen molar-refractivity contribution in [3.05, 3.63) is 73.6 Å². The Morgan fingerprint density at radius 3 is 1.15 bits per heavy atom. The van der Waals surface area contributed by atoms with Crippen LogP contribution in [0, 0.1) is 0 Å². The van der Waals surface area contributed by atoms with Crippen LogP contribution in [0.3, 0.4) is 0 Å². The third kappa shape index (κ3) is 7.24. The van der Waals surface area contributed by atoms with Crippen LogP contribution in [0.5, 0.6) is 0 Å². The molecule has 0 heterocycles. The Hall–Kier alpha value is -1.13. The second-order valence-corrected chi connectivity index (χ2v) is 3.97. The Bertz CT molecular complexity index is 201. The van der Waals surface area contributed by atoms with Crippen molar-refractivity contribution in [2.45, 2.75) is 0 Å². The number of hydrogen-bond acceptors (Lipinski definition) is 0. The van der Waals surface area contributed by atoms with Gasteiger partial charge in [0.25, 0.3) is 0 Å². The fourth-order valence-electron chi connectivity index (χ4n) is 0.630. The molecule has 0 aliphatic rings. The second kappa shape index (κ2) is 8.96. The van der Waals surface area contributed by atoms with Crippen molar-refractivity contribution in [2.75, 3.05) is 0 Å². The van der Waals surface area contributed by atoms with Crippen LogP contribution in [0.2, 0.25) is 0 Å². The lowest BCUT2D eigenvalue weighted by Crippen LogP contribution is -1.57. The Kier molecular flexibility index (Phi) is 8.18. The molecule has 0 aromatic carbocycles. The predicted octanol–water partition coefficient (Wildman–Crippen LogP) is 4.57. The van der Waals surface area contributed by atoms with E-state index in [1.54, 1.807) is 18.2 Å². The minimum absolute atomic E-state index is 0.334. The zero-order valence-corrected chi connectivity index (χ0v) is 8.66. The molecule has 0 saturated carbocycles. The van der Waals surface area contributed by atoms with E-state index in [1.165, 1.54) is 0 Å². The molecule has 0 nitrogen and oxygen atoms in total. The molecular weight excluding hydrogens is 175 g/mol. The van der Waals surface area contributed by atoms with Gasteiger partial charge in [-0.3, -0.25) is 0 Å². The van der Waals surface area contributed by atoms with E-state index in [2.05, 4.69) is 37.2 Å². The minimum atomic E-state index is -0.334. The summed E-state index contributed by atoms with van der Waals surface area (Å²) >= 11 is 0. The Labute approximate surface area is 82.1 Å². The van der Waals surface area contributed by atoms with Gasteiger partial charge in [0, 0.05) is 0 Å². The first kappa shape index (κ1) is 11.9. The van der Waals surface area contributed by atoms with Gasteiger partial charge in [-0.1, -0.05) is 73.6 Å². The van der Waals surface area contributed by atoms with Crippen molar-refractivity contribution in [2.24, 2.45) is 0 Å². The van der Waals surface area contributed by atoms with Crippen molar-refractivity contribution >= 4 is 7.92 Å². The molecule has 0 aliphatic carbocycles. The van der Waals surface area contributed by atoms with Gasteiger partial charge >= 0.3 is 0 Å². The van der Waals surface area contributed by atoms with Crippen LogP contribution >= 0.6 is 7.92 Å². The molecule has 0 saturated heterocycles. The van der Waals surface area contributed by atoms with Crippen LogP contribution in [-0.4, -0.2) is 0 Å². The molecule has 0 bridgehead atoms. The lowest BCUT2D eigenvalue weighted by molar-refractivity contribution is 2.04. The third-order valence-electron chi connectivity index (χ3n) is 1.18. The summed E-state index contributed by atoms with van der Waals surface area (Å²) < 4.78 is 0. The van der Waals surface area contributed by atoms with Crippen molar-refractivity contribution in [1.82, 2.24) is 0 Å². The molecule has 0 radical (unpaired) electrons. The first-order chi connectivity index (χ1) is 6.35. The lowest BCUT2D eigenvalue weighted by atomic mass is 10.6. The zero-order chi connectivity index (χ0) is 9.94. The molecular formula is C12H15P. The first-order valence-electron chi connectivity index (χ1n) is 4.00. The second-order valence-electron chi connectivity index (χ2n) is 2.18. The fourth-order valence-corrected chi connectivity index (χ4v) is 1.89. The topological polar surface area (TPSA) is 0 Å². The Morgan fingerprint density at radius 2 is 0.923 bits per heavy atom. The Morgan fingerprint density at radius 1 is 0.615 bits per heavy atom. The highest BCUT2D eigenvalue weighted by atomic mass is 31.1. The number of hydrogen-bond donors (Lipinski definition) is 0. The normalized spacial score (nSPS) is 11.8. The van der Waals surface area contributed by atoms with E-state index in [0.717, 1.165) is 0 Å². The van der Waals surface area contributed by atoms with Crippen molar-refractivity contribution in [3.63, 3.8) is 0 Å². The average Bonchev–Trinajstić information content (AvgIpc) is 2.17. The fraction of sp³-hybridized carbons (Fsp3) is 0. The van der Waals surface area contributed by atoms with E-state index in [1.807, 2.05) is 18.2 Å². The van der Waals surface area contributed by atoms with Crippen LogP contribution in [0.4, 0.5) is 0 Å². The van der Waals surface area contributed by atoms with E-state index < -0.39 is 0 Å². The summed E-state index contributed by atoms with van der Waals surface area (Å²) in [7, 11) is -0.334. The van der Waals surface area contributed by atoms with Gasteiger partial charge in [0.2, 0.25) is 0 Å². The molecule has 0 N–H and O–H groups in total. The van der Waals surface area contributed by atoms with Crippen molar-refractivity contribution in [1.29, 1.82) is 0 Å². The monoisotopic (exact) mass is 190 g/mol. The molecule has 13 heavy (non-hydrogen) atoms. The van der Waals surface area contributed by atoms with E-state index in [9.17, 15) is 0 Å². The van der Waals surface area contributed by atoms with E-state index in [-0.39, 0.29) is 7.92 Å².